The van der Waals surface area contributed by atoms with Crippen molar-refractivity contribution in [2.75, 3.05) is 20.3 Å². The lowest BCUT2D eigenvalue weighted by Crippen LogP contribution is -2.56. The highest BCUT2D eigenvalue weighted by atomic mass is 16.5. The molecule has 0 radical (unpaired) electrons. The van der Waals surface area contributed by atoms with Gasteiger partial charge in [-0.1, -0.05) is 18.2 Å². The number of rotatable bonds is 3. The Hall–Kier alpha value is -1.43. The van der Waals surface area contributed by atoms with Crippen molar-refractivity contribution in [3.05, 3.63) is 34.9 Å². The molecular formula is C18H25NO4. The molecule has 0 unspecified atom stereocenters. The van der Waals surface area contributed by atoms with Crippen molar-refractivity contribution in [1.29, 1.82) is 0 Å². The molecule has 5 heteroatoms. The number of aryl methyl sites for hydroxylation is 2. The molecule has 1 aliphatic carbocycles. The molecule has 126 valence electrons. The molecule has 3 rings (SSSR count). The predicted molar refractivity (Wildman–Crippen MR) is 86.2 cm³/mol. The van der Waals surface area contributed by atoms with Crippen LogP contribution < -0.4 is 0 Å². The molecule has 0 aromatic heterocycles. The van der Waals surface area contributed by atoms with Crippen LogP contribution in [0.3, 0.4) is 0 Å². The zero-order chi connectivity index (χ0) is 16.4. The second kappa shape index (κ2) is 6.99. The molecule has 2 N–H and O–H groups in total. The molecule has 5 nitrogen and oxygen atoms in total. The van der Waals surface area contributed by atoms with Gasteiger partial charge in [-0.05, 0) is 42.4 Å². The van der Waals surface area contributed by atoms with Crippen LogP contribution >= 0.6 is 0 Å². The summed E-state index contributed by atoms with van der Waals surface area (Å²) in [5, 5.41) is 19.7. The number of aliphatic hydroxyl groups excluding tert-OH is 2. The van der Waals surface area contributed by atoms with Crippen LogP contribution in [0.4, 0.5) is 0 Å². The highest BCUT2D eigenvalue weighted by molar-refractivity contribution is 5.79. The summed E-state index contributed by atoms with van der Waals surface area (Å²) >= 11 is 0. The first-order valence-corrected chi connectivity index (χ1v) is 8.36. The second-order valence-corrected chi connectivity index (χ2v) is 6.65. The van der Waals surface area contributed by atoms with E-state index in [4.69, 9.17) is 4.74 Å². The van der Waals surface area contributed by atoms with Gasteiger partial charge in [0.15, 0.2) is 0 Å². The zero-order valence-electron chi connectivity index (χ0n) is 13.6. The van der Waals surface area contributed by atoms with Crippen molar-refractivity contribution in [2.24, 2.45) is 0 Å². The number of likely N-dealkylation sites (N-methyl/N-ethyl adjacent to an activating group) is 1. The summed E-state index contributed by atoms with van der Waals surface area (Å²) in [6, 6.07) is 5.81. The topological polar surface area (TPSA) is 70.0 Å². The van der Waals surface area contributed by atoms with Gasteiger partial charge in [-0.3, -0.25) is 4.79 Å². The number of aliphatic hydroxyl groups is 2. The Labute approximate surface area is 136 Å². The van der Waals surface area contributed by atoms with E-state index in [-0.39, 0.29) is 19.1 Å². The Kier molecular flexibility index (Phi) is 4.99. The lowest BCUT2D eigenvalue weighted by Gasteiger charge is -2.37. The molecule has 3 atom stereocenters. The summed E-state index contributed by atoms with van der Waals surface area (Å²) in [7, 11) is 1.66. The summed E-state index contributed by atoms with van der Waals surface area (Å²) in [6.45, 7) is 0.370. The Balaban J connectivity index is 1.66. The van der Waals surface area contributed by atoms with Gasteiger partial charge in [-0.2, -0.15) is 0 Å². The first kappa shape index (κ1) is 16.4. The first-order valence-electron chi connectivity index (χ1n) is 8.36. The summed E-state index contributed by atoms with van der Waals surface area (Å²) < 4.78 is 5.26. The van der Waals surface area contributed by atoms with E-state index in [1.807, 2.05) is 6.07 Å². The van der Waals surface area contributed by atoms with Gasteiger partial charge in [0.1, 0.15) is 12.2 Å². The predicted octanol–water partition coefficient (Wildman–Crippen LogP) is 0.687. The SMILES string of the molecule is CN(C(=O)Cc1ccc2c(c1)CCCC2)[C@@H]1COC[C@@H](O)[C@H]1O. The van der Waals surface area contributed by atoms with Crippen molar-refractivity contribution >= 4 is 5.91 Å². The molecule has 2 aliphatic rings. The zero-order valence-corrected chi connectivity index (χ0v) is 13.6. The van der Waals surface area contributed by atoms with Crippen molar-refractivity contribution in [1.82, 2.24) is 4.90 Å². The molecule has 23 heavy (non-hydrogen) atoms. The van der Waals surface area contributed by atoms with Crippen molar-refractivity contribution in [3.8, 4) is 0 Å². The van der Waals surface area contributed by atoms with Gasteiger partial charge in [0.05, 0.1) is 25.7 Å². The van der Waals surface area contributed by atoms with Gasteiger partial charge in [0.25, 0.3) is 0 Å². The molecule has 0 spiro atoms. The number of fused-ring (bicyclic) bond motifs is 1. The average molecular weight is 319 g/mol. The van der Waals surface area contributed by atoms with Gasteiger partial charge >= 0.3 is 0 Å². The summed E-state index contributed by atoms with van der Waals surface area (Å²) in [4.78, 5) is 14.0. The van der Waals surface area contributed by atoms with Gasteiger partial charge in [0, 0.05) is 7.05 Å². The number of nitrogens with zero attached hydrogens (tertiary/aromatic N) is 1. The highest BCUT2D eigenvalue weighted by Gasteiger charge is 2.35. The number of carbonyl (C=O) groups is 1. The van der Waals surface area contributed by atoms with E-state index in [2.05, 4.69) is 12.1 Å². The van der Waals surface area contributed by atoms with E-state index >= 15 is 0 Å². The fraction of sp³-hybridized carbons (Fsp3) is 0.611. The molecule has 1 fully saturated rings. The van der Waals surface area contributed by atoms with E-state index in [0.717, 1.165) is 18.4 Å². The molecule has 1 amide bonds. The maximum atomic E-state index is 12.5. The average Bonchev–Trinajstić information content (AvgIpc) is 2.56. The van der Waals surface area contributed by atoms with E-state index in [1.54, 1.807) is 7.05 Å². The first-order chi connectivity index (χ1) is 11.1. The largest absolute Gasteiger partial charge is 0.388 e. The minimum atomic E-state index is -0.957. The van der Waals surface area contributed by atoms with E-state index < -0.39 is 18.2 Å². The van der Waals surface area contributed by atoms with Crippen molar-refractivity contribution in [2.45, 2.75) is 50.4 Å². The van der Waals surface area contributed by atoms with Crippen LogP contribution in [-0.4, -0.2) is 59.5 Å². The second-order valence-electron chi connectivity index (χ2n) is 6.65. The minimum Gasteiger partial charge on any atom is -0.388 e. The molecule has 1 aromatic rings. The minimum absolute atomic E-state index is 0.0671. The number of amides is 1. The van der Waals surface area contributed by atoms with Gasteiger partial charge < -0.3 is 19.8 Å². The fourth-order valence-electron chi connectivity index (χ4n) is 3.49. The normalized spacial score (nSPS) is 27.3. The smallest absolute Gasteiger partial charge is 0.227 e. The summed E-state index contributed by atoms with van der Waals surface area (Å²) in [5.74, 6) is -0.0671. The van der Waals surface area contributed by atoms with Crippen molar-refractivity contribution < 1.29 is 19.7 Å². The molecule has 1 aromatic carbocycles. The number of carbonyl (C=O) groups excluding carboxylic acids is 1. The van der Waals surface area contributed by atoms with Crippen LogP contribution in [0.15, 0.2) is 18.2 Å². The number of hydrogen-bond donors (Lipinski definition) is 2. The fourth-order valence-corrected chi connectivity index (χ4v) is 3.49. The Morgan fingerprint density at radius 1 is 1.22 bits per heavy atom. The molecule has 1 aliphatic heterocycles. The Morgan fingerprint density at radius 3 is 2.74 bits per heavy atom. The van der Waals surface area contributed by atoms with Crippen molar-refractivity contribution in [3.63, 3.8) is 0 Å². The summed E-state index contributed by atoms with van der Waals surface area (Å²) in [6.07, 6.45) is 3.10. The van der Waals surface area contributed by atoms with Crippen LogP contribution in [0.2, 0.25) is 0 Å². The van der Waals surface area contributed by atoms with Crippen LogP contribution in [0.25, 0.3) is 0 Å². The van der Waals surface area contributed by atoms with Gasteiger partial charge in [0.2, 0.25) is 5.91 Å². The number of ether oxygens (including phenoxy) is 1. The van der Waals surface area contributed by atoms with Gasteiger partial charge in [-0.15, -0.1) is 0 Å². The Morgan fingerprint density at radius 2 is 1.96 bits per heavy atom. The monoisotopic (exact) mass is 319 g/mol. The summed E-state index contributed by atoms with van der Waals surface area (Å²) in [5.41, 5.74) is 3.77. The third-order valence-electron chi connectivity index (χ3n) is 5.02. The number of benzene rings is 1. The van der Waals surface area contributed by atoms with Crippen LogP contribution in [0, 0.1) is 0 Å². The third kappa shape index (κ3) is 3.57. The molecule has 1 heterocycles. The lowest BCUT2D eigenvalue weighted by atomic mass is 9.90. The van der Waals surface area contributed by atoms with E-state index in [1.165, 1.54) is 28.9 Å². The van der Waals surface area contributed by atoms with E-state index in [0.29, 0.717) is 6.42 Å². The Bertz CT molecular complexity index is 574. The molecule has 0 saturated carbocycles. The number of hydrogen-bond acceptors (Lipinski definition) is 4. The maximum absolute atomic E-state index is 12.5. The third-order valence-corrected chi connectivity index (χ3v) is 5.02. The molecule has 0 bridgehead atoms. The van der Waals surface area contributed by atoms with E-state index in [9.17, 15) is 15.0 Å². The molecule has 1 saturated heterocycles. The molecular weight excluding hydrogens is 294 g/mol. The standard InChI is InChI=1S/C18H25NO4/c1-19(15-10-23-11-16(20)18(15)22)17(21)9-12-6-7-13-4-2-3-5-14(13)8-12/h6-8,15-16,18,20,22H,2-5,9-11H2,1H3/t15-,16-,18+/m1/s1. The van der Waals surface area contributed by atoms with Crippen LogP contribution in [-0.2, 0) is 28.8 Å². The quantitative estimate of drug-likeness (QED) is 0.860. The highest BCUT2D eigenvalue weighted by Crippen LogP contribution is 2.23. The van der Waals surface area contributed by atoms with Crippen LogP contribution in [0.1, 0.15) is 29.5 Å². The lowest BCUT2D eigenvalue weighted by molar-refractivity contribution is -0.152. The van der Waals surface area contributed by atoms with Crippen LogP contribution in [0.5, 0.6) is 0 Å². The van der Waals surface area contributed by atoms with Gasteiger partial charge in [-0.25, -0.2) is 0 Å². The maximum Gasteiger partial charge on any atom is 0.227 e.